The van der Waals surface area contributed by atoms with E-state index in [1.807, 2.05) is 25.1 Å². The minimum Gasteiger partial charge on any atom is -0.366 e. The number of barbiturate groups is 1. The molecule has 0 bridgehead atoms. The molecule has 2 aliphatic rings. The second-order valence-corrected chi connectivity index (χ2v) is 10.2. The van der Waals surface area contributed by atoms with Crippen molar-refractivity contribution >= 4 is 46.9 Å². The SMILES string of the molecule is CCCN1c2cc(Cl)c(/C=C3/C(=O)NC(=O)N(c4cccc(C)c4)C3=O)cc2C(C)CC1(C)C. The molecule has 34 heavy (non-hydrogen) atoms. The first kappa shape index (κ1) is 24.0. The normalized spacial score (nSPS) is 21.1. The zero-order chi connectivity index (χ0) is 24.8. The predicted octanol–water partition coefficient (Wildman–Crippen LogP) is 5.82. The van der Waals surface area contributed by atoms with E-state index >= 15 is 0 Å². The number of amides is 4. The minimum absolute atomic E-state index is 0.000361. The van der Waals surface area contributed by atoms with Gasteiger partial charge in [0, 0.05) is 22.8 Å². The van der Waals surface area contributed by atoms with Gasteiger partial charge in [0.1, 0.15) is 5.57 Å². The van der Waals surface area contributed by atoms with Crippen LogP contribution in [0.4, 0.5) is 16.2 Å². The number of hydrogen-bond acceptors (Lipinski definition) is 4. The summed E-state index contributed by atoms with van der Waals surface area (Å²) >= 11 is 6.69. The van der Waals surface area contributed by atoms with Crippen molar-refractivity contribution in [3.63, 3.8) is 0 Å². The zero-order valence-electron chi connectivity index (χ0n) is 20.2. The Morgan fingerprint density at radius 2 is 1.91 bits per heavy atom. The summed E-state index contributed by atoms with van der Waals surface area (Å²) in [6.45, 7) is 11.6. The fourth-order valence-corrected chi connectivity index (χ4v) is 5.31. The van der Waals surface area contributed by atoms with Gasteiger partial charge in [0.15, 0.2) is 0 Å². The number of anilines is 2. The van der Waals surface area contributed by atoms with Crippen molar-refractivity contribution in [1.29, 1.82) is 0 Å². The Labute approximate surface area is 205 Å². The molecule has 0 aromatic heterocycles. The van der Waals surface area contributed by atoms with Gasteiger partial charge in [0.25, 0.3) is 11.8 Å². The molecule has 7 heteroatoms. The summed E-state index contributed by atoms with van der Waals surface area (Å²) in [7, 11) is 0. The summed E-state index contributed by atoms with van der Waals surface area (Å²) in [5.74, 6) is -1.11. The lowest BCUT2D eigenvalue weighted by molar-refractivity contribution is -0.122. The molecule has 1 N–H and O–H groups in total. The first-order chi connectivity index (χ1) is 16.0. The first-order valence-corrected chi connectivity index (χ1v) is 12.0. The van der Waals surface area contributed by atoms with E-state index in [4.69, 9.17) is 11.6 Å². The number of carbonyl (C=O) groups is 3. The molecule has 6 nitrogen and oxygen atoms in total. The largest absolute Gasteiger partial charge is 0.366 e. The second kappa shape index (κ2) is 8.91. The lowest BCUT2D eigenvalue weighted by Gasteiger charge is -2.47. The number of hydrogen-bond donors (Lipinski definition) is 1. The first-order valence-electron chi connectivity index (χ1n) is 11.6. The number of benzene rings is 2. The fraction of sp³-hybridized carbons (Fsp3) is 0.370. The number of nitrogens with one attached hydrogen (secondary N) is 1. The standard InChI is InChI=1S/C27H30ClN3O3/c1-6-10-30-23-14-22(28)18(12-20(23)17(3)15-27(30,4)5)13-21-24(32)29-26(34)31(25(21)33)19-9-7-8-16(2)11-19/h7-9,11-14,17H,6,10,15H2,1-5H3,(H,29,32,34)/b21-13-. The molecule has 0 aliphatic carbocycles. The smallest absolute Gasteiger partial charge is 0.335 e. The van der Waals surface area contributed by atoms with E-state index in [-0.39, 0.29) is 17.0 Å². The molecule has 178 valence electrons. The van der Waals surface area contributed by atoms with Crippen LogP contribution in [0.3, 0.4) is 0 Å². The maximum atomic E-state index is 13.3. The van der Waals surface area contributed by atoms with E-state index in [2.05, 4.69) is 37.9 Å². The third-order valence-electron chi connectivity index (χ3n) is 6.61. The van der Waals surface area contributed by atoms with Gasteiger partial charge in [-0.1, -0.05) is 37.6 Å². The van der Waals surface area contributed by atoms with Gasteiger partial charge in [-0.05, 0) is 86.6 Å². The van der Waals surface area contributed by atoms with Crippen LogP contribution in [-0.2, 0) is 9.59 Å². The Morgan fingerprint density at radius 1 is 1.18 bits per heavy atom. The lowest BCUT2D eigenvalue weighted by atomic mass is 9.79. The van der Waals surface area contributed by atoms with E-state index in [0.717, 1.165) is 41.1 Å². The van der Waals surface area contributed by atoms with Crippen LogP contribution in [0.1, 0.15) is 63.1 Å². The van der Waals surface area contributed by atoms with Crippen LogP contribution in [-0.4, -0.2) is 29.9 Å². The van der Waals surface area contributed by atoms with Crippen LogP contribution in [0, 0.1) is 6.92 Å². The fourth-order valence-electron chi connectivity index (χ4n) is 5.09. The van der Waals surface area contributed by atoms with Crippen molar-refractivity contribution < 1.29 is 14.4 Å². The van der Waals surface area contributed by atoms with E-state index < -0.39 is 17.8 Å². The van der Waals surface area contributed by atoms with Crippen LogP contribution < -0.4 is 15.1 Å². The van der Waals surface area contributed by atoms with Gasteiger partial charge in [-0.3, -0.25) is 14.9 Å². The van der Waals surface area contributed by atoms with Crippen molar-refractivity contribution in [3.8, 4) is 0 Å². The maximum Gasteiger partial charge on any atom is 0.335 e. The van der Waals surface area contributed by atoms with Gasteiger partial charge in [-0.2, -0.15) is 0 Å². The lowest BCUT2D eigenvalue weighted by Crippen LogP contribution is -2.54. The quantitative estimate of drug-likeness (QED) is 0.443. The average molecular weight is 480 g/mol. The van der Waals surface area contributed by atoms with Crippen LogP contribution >= 0.6 is 11.6 Å². The average Bonchev–Trinajstić information content (AvgIpc) is 2.74. The summed E-state index contributed by atoms with van der Waals surface area (Å²) < 4.78 is 0. The third-order valence-corrected chi connectivity index (χ3v) is 6.94. The Hall–Kier alpha value is -3.12. The van der Waals surface area contributed by atoms with Crippen molar-refractivity contribution in [2.24, 2.45) is 0 Å². The highest BCUT2D eigenvalue weighted by molar-refractivity contribution is 6.40. The highest BCUT2D eigenvalue weighted by atomic mass is 35.5. The number of rotatable bonds is 4. The Morgan fingerprint density at radius 3 is 2.59 bits per heavy atom. The monoisotopic (exact) mass is 479 g/mol. The molecule has 4 amide bonds. The molecule has 1 fully saturated rings. The van der Waals surface area contributed by atoms with Crippen molar-refractivity contribution in [2.45, 2.75) is 58.9 Å². The number of aryl methyl sites for hydroxylation is 1. The summed E-state index contributed by atoms with van der Waals surface area (Å²) in [5.41, 5.74) is 3.99. The number of urea groups is 1. The van der Waals surface area contributed by atoms with E-state index in [1.165, 1.54) is 6.08 Å². The zero-order valence-corrected chi connectivity index (χ0v) is 21.0. The van der Waals surface area contributed by atoms with Crippen LogP contribution in [0.2, 0.25) is 5.02 Å². The molecule has 2 aromatic rings. The molecular weight excluding hydrogens is 450 g/mol. The molecule has 4 rings (SSSR count). The van der Waals surface area contributed by atoms with Crippen molar-refractivity contribution in [3.05, 3.63) is 63.7 Å². The number of halogens is 1. The molecule has 0 radical (unpaired) electrons. The highest BCUT2D eigenvalue weighted by Gasteiger charge is 2.38. The van der Waals surface area contributed by atoms with Gasteiger partial charge in [-0.15, -0.1) is 0 Å². The van der Waals surface area contributed by atoms with Gasteiger partial charge in [-0.25, -0.2) is 9.69 Å². The second-order valence-electron chi connectivity index (χ2n) is 9.80. The summed E-state index contributed by atoms with van der Waals surface area (Å²) in [6, 6.07) is 10.2. The Kier molecular flexibility index (Phi) is 6.30. The van der Waals surface area contributed by atoms with E-state index in [0.29, 0.717) is 16.3 Å². The molecular formula is C27H30ClN3O3. The molecule has 2 heterocycles. The number of imide groups is 2. The van der Waals surface area contributed by atoms with Crippen molar-refractivity contribution in [2.75, 3.05) is 16.3 Å². The molecule has 1 unspecified atom stereocenters. The van der Waals surface area contributed by atoms with Crippen LogP contribution in [0.25, 0.3) is 6.08 Å². The molecule has 2 aromatic carbocycles. The van der Waals surface area contributed by atoms with Gasteiger partial charge < -0.3 is 4.90 Å². The van der Waals surface area contributed by atoms with Gasteiger partial charge >= 0.3 is 6.03 Å². The molecule has 0 saturated carbocycles. The number of nitrogens with zero attached hydrogens (tertiary/aromatic N) is 2. The molecule has 1 saturated heterocycles. The molecule has 2 aliphatic heterocycles. The van der Waals surface area contributed by atoms with Gasteiger partial charge in [0.2, 0.25) is 0 Å². The summed E-state index contributed by atoms with van der Waals surface area (Å²) in [6.07, 6.45) is 3.48. The van der Waals surface area contributed by atoms with Crippen molar-refractivity contribution in [1.82, 2.24) is 5.32 Å². The van der Waals surface area contributed by atoms with Crippen LogP contribution in [0.5, 0.6) is 0 Å². The van der Waals surface area contributed by atoms with E-state index in [1.54, 1.807) is 18.2 Å². The maximum absolute atomic E-state index is 13.3. The summed E-state index contributed by atoms with van der Waals surface area (Å²) in [5, 5.41) is 2.74. The van der Waals surface area contributed by atoms with E-state index in [9.17, 15) is 14.4 Å². The minimum atomic E-state index is -0.764. The molecule has 1 atom stereocenters. The predicted molar refractivity (Wildman–Crippen MR) is 136 cm³/mol. The van der Waals surface area contributed by atoms with Gasteiger partial charge in [0.05, 0.1) is 5.69 Å². The highest BCUT2D eigenvalue weighted by Crippen LogP contribution is 2.45. The number of carbonyl (C=O) groups excluding carboxylic acids is 3. The topological polar surface area (TPSA) is 69.7 Å². The van der Waals surface area contributed by atoms with Crippen LogP contribution in [0.15, 0.2) is 42.0 Å². The summed E-state index contributed by atoms with van der Waals surface area (Å²) in [4.78, 5) is 41.8. The third kappa shape index (κ3) is 4.23. The number of fused-ring (bicyclic) bond motifs is 1. The molecule has 0 spiro atoms. The Balaban J connectivity index is 1.78. The Bertz CT molecular complexity index is 1220.